The van der Waals surface area contributed by atoms with Gasteiger partial charge in [-0.25, -0.2) is 4.79 Å². The van der Waals surface area contributed by atoms with Crippen LogP contribution >= 0.6 is 11.8 Å². The Morgan fingerprint density at radius 1 is 1.25 bits per heavy atom. The minimum atomic E-state index is -0.992. The largest absolute Gasteiger partial charge is 0.478 e. The van der Waals surface area contributed by atoms with Crippen LogP contribution in [0.4, 0.5) is 5.69 Å². The zero-order valence-corrected chi connectivity index (χ0v) is 16.3. The van der Waals surface area contributed by atoms with Crippen LogP contribution in [0.1, 0.15) is 44.5 Å². The molecule has 1 fully saturated rings. The van der Waals surface area contributed by atoms with E-state index in [1.807, 2.05) is 34.0 Å². The number of amides is 1. The van der Waals surface area contributed by atoms with Gasteiger partial charge in [0.2, 0.25) is 5.91 Å². The van der Waals surface area contributed by atoms with Crippen molar-refractivity contribution >= 4 is 29.3 Å². The third-order valence-electron chi connectivity index (χ3n) is 3.53. The zero-order valence-electron chi connectivity index (χ0n) is 15.5. The predicted molar refractivity (Wildman–Crippen MR) is 103 cm³/mol. The summed E-state index contributed by atoms with van der Waals surface area (Å²) in [5.41, 5.74) is 0.785. The number of carbonyl (C=O) groups is 2. The minimum absolute atomic E-state index is 0.0240. The first kappa shape index (κ1) is 22.5. The number of aromatic carboxylic acids is 1. The van der Waals surface area contributed by atoms with E-state index in [0.29, 0.717) is 10.9 Å². The summed E-state index contributed by atoms with van der Waals surface area (Å²) >= 11 is 1.76. The molecule has 1 heterocycles. The van der Waals surface area contributed by atoms with Crippen molar-refractivity contribution in [2.75, 3.05) is 24.7 Å². The topological polar surface area (TPSA) is 69.6 Å². The highest BCUT2D eigenvalue weighted by atomic mass is 32.2. The molecular weight excluding hydrogens is 324 g/mol. The van der Waals surface area contributed by atoms with Crippen LogP contribution in [0.2, 0.25) is 0 Å². The van der Waals surface area contributed by atoms with Crippen molar-refractivity contribution in [1.29, 1.82) is 0 Å². The molecule has 1 aliphatic rings. The Bertz CT molecular complexity index is 523. The molecule has 0 saturated carbocycles. The average molecular weight is 355 g/mol. The number of thioether (sulfide) groups is 1. The van der Waals surface area contributed by atoms with Crippen LogP contribution in [-0.2, 0) is 4.79 Å². The lowest BCUT2D eigenvalue weighted by Gasteiger charge is -2.21. The molecule has 5 nitrogen and oxygen atoms in total. The van der Waals surface area contributed by atoms with Crippen LogP contribution < -0.4 is 10.2 Å². The number of hydrogen-bond acceptors (Lipinski definition) is 4. The van der Waals surface area contributed by atoms with Gasteiger partial charge < -0.3 is 15.3 Å². The molecule has 2 N–H and O–H groups in total. The summed E-state index contributed by atoms with van der Waals surface area (Å²) in [5, 5.41) is 12.7. The van der Waals surface area contributed by atoms with E-state index in [2.05, 4.69) is 5.32 Å². The highest BCUT2D eigenvalue weighted by Gasteiger charge is 2.31. The molecule has 1 saturated heterocycles. The van der Waals surface area contributed by atoms with Gasteiger partial charge in [0.1, 0.15) is 0 Å². The van der Waals surface area contributed by atoms with Gasteiger partial charge >= 0.3 is 5.97 Å². The third-order valence-corrected chi connectivity index (χ3v) is 4.56. The molecule has 2 atom stereocenters. The van der Waals surface area contributed by atoms with Crippen LogP contribution in [0.3, 0.4) is 0 Å². The number of nitrogens with one attached hydrogen (secondary N) is 1. The fraction of sp³-hybridized carbons (Fsp3) is 0.556. The summed E-state index contributed by atoms with van der Waals surface area (Å²) in [6, 6.07) is 6.23. The van der Waals surface area contributed by atoms with Gasteiger partial charge in [0.15, 0.2) is 0 Å². The molecule has 0 spiro atoms. The maximum atomic E-state index is 12.4. The normalized spacial score (nSPS) is 18.6. The molecule has 1 aliphatic heterocycles. The number of rotatable bonds is 4. The summed E-state index contributed by atoms with van der Waals surface area (Å²) in [4.78, 5) is 24.9. The van der Waals surface area contributed by atoms with E-state index in [1.54, 1.807) is 30.9 Å². The van der Waals surface area contributed by atoms with E-state index in [1.165, 1.54) is 17.0 Å². The van der Waals surface area contributed by atoms with E-state index in [9.17, 15) is 9.59 Å². The Kier molecular flexibility index (Phi) is 11.2. The summed E-state index contributed by atoms with van der Waals surface area (Å²) in [6.45, 7) is 8.83. The van der Waals surface area contributed by atoms with Crippen molar-refractivity contribution in [2.45, 2.75) is 45.4 Å². The number of likely N-dealkylation sites (N-methyl/N-ethyl adjacent to an activating group) is 1. The van der Waals surface area contributed by atoms with Gasteiger partial charge in [0.25, 0.3) is 0 Å². The van der Waals surface area contributed by atoms with Crippen LogP contribution in [0.5, 0.6) is 0 Å². The van der Waals surface area contributed by atoms with Crippen molar-refractivity contribution in [3.8, 4) is 0 Å². The first-order valence-electron chi connectivity index (χ1n) is 8.40. The van der Waals surface area contributed by atoms with Crippen molar-refractivity contribution in [3.05, 3.63) is 29.8 Å². The van der Waals surface area contributed by atoms with Crippen LogP contribution in [-0.4, -0.2) is 48.1 Å². The van der Waals surface area contributed by atoms with Crippen molar-refractivity contribution < 1.29 is 14.7 Å². The zero-order chi connectivity index (χ0) is 18.7. The number of carboxylic acid groups (broad SMARTS) is 1. The van der Waals surface area contributed by atoms with Crippen molar-refractivity contribution in [3.63, 3.8) is 0 Å². The summed E-state index contributed by atoms with van der Waals surface area (Å²) in [5.74, 6) is -1.02. The van der Waals surface area contributed by atoms with Crippen LogP contribution in [0.15, 0.2) is 24.3 Å². The maximum absolute atomic E-state index is 12.4. The lowest BCUT2D eigenvalue weighted by molar-refractivity contribution is -0.119. The Balaban J connectivity index is 0.00000123. The summed E-state index contributed by atoms with van der Waals surface area (Å²) < 4.78 is 0. The smallest absolute Gasteiger partial charge is 0.335 e. The van der Waals surface area contributed by atoms with Gasteiger partial charge in [0, 0.05) is 24.5 Å². The second-order valence-corrected chi connectivity index (χ2v) is 5.95. The Labute approximate surface area is 149 Å². The quantitative estimate of drug-likeness (QED) is 0.866. The number of benzene rings is 1. The van der Waals surface area contributed by atoms with Gasteiger partial charge in [-0.3, -0.25) is 4.79 Å². The fourth-order valence-corrected chi connectivity index (χ4v) is 2.93. The van der Waals surface area contributed by atoms with E-state index < -0.39 is 5.97 Å². The first-order chi connectivity index (χ1) is 11.5. The van der Waals surface area contributed by atoms with Crippen LogP contribution in [0.25, 0.3) is 0 Å². The monoisotopic (exact) mass is 354 g/mol. The number of nitrogens with zero attached hydrogens (tertiary/aromatic N) is 1. The summed E-state index contributed by atoms with van der Waals surface area (Å²) in [6.07, 6.45) is 2.85. The fourth-order valence-electron chi connectivity index (χ4n) is 2.28. The molecule has 0 aromatic heterocycles. The molecule has 6 heteroatoms. The van der Waals surface area contributed by atoms with E-state index in [0.717, 1.165) is 13.0 Å². The number of carboxylic acids is 1. The Hall–Kier alpha value is -1.53. The Morgan fingerprint density at radius 2 is 1.88 bits per heavy atom. The average Bonchev–Trinajstić information content (AvgIpc) is 3.13. The van der Waals surface area contributed by atoms with E-state index >= 15 is 0 Å². The Morgan fingerprint density at radius 3 is 2.38 bits per heavy atom. The molecular formula is C18H30N2O3S. The standard InChI is InChI=1S/C14H18N2O3S.2C2H6/c1-16(10-5-3-4-9(6-10)14(18)19)13(17)12-7-11(20-2)8-15-12;2*1-2/h3-6,11-12,15H,7-8H2,1-2H3,(H,18,19);2*1-2H3. The molecule has 0 aliphatic carbocycles. The molecule has 2 unspecified atom stereocenters. The summed E-state index contributed by atoms with van der Waals surface area (Å²) in [7, 11) is 1.68. The van der Waals surface area contributed by atoms with Gasteiger partial charge in [-0.15, -0.1) is 0 Å². The second kappa shape index (κ2) is 11.9. The highest BCUT2D eigenvalue weighted by Crippen LogP contribution is 2.22. The highest BCUT2D eigenvalue weighted by molar-refractivity contribution is 7.99. The van der Waals surface area contributed by atoms with Gasteiger partial charge in [0.05, 0.1) is 11.6 Å². The number of anilines is 1. The molecule has 24 heavy (non-hydrogen) atoms. The van der Waals surface area contributed by atoms with Crippen molar-refractivity contribution in [2.24, 2.45) is 0 Å². The molecule has 136 valence electrons. The molecule has 2 rings (SSSR count). The third kappa shape index (κ3) is 6.17. The maximum Gasteiger partial charge on any atom is 0.335 e. The van der Waals surface area contributed by atoms with Gasteiger partial charge in [-0.05, 0) is 30.9 Å². The molecule has 0 radical (unpaired) electrons. The predicted octanol–water partition coefficient (Wildman–Crippen LogP) is 3.49. The van der Waals surface area contributed by atoms with Gasteiger partial charge in [-0.1, -0.05) is 33.8 Å². The van der Waals surface area contributed by atoms with Crippen LogP contribution in [0, 0.1) is 0 Å². The lowest BCUT2D eigenvalue weighted by Crippen LogP contribution is -2.41. The van der Waals surface area contributed by atoms with Gasteiger partial charge in [-0.2, -0.15) is 11.8 Å². The SMILES string of the molecule is CC.CC.CSC1CNC(C(=O)N(C)c2cccc(C(=O)O)c2)C1. The lowest BCUT2D eigenvalue weighted by atomic mass is 10.1. The van der Waals surface area contributed by atoms with E-state index in [-0.39, 0.29) is 17.5 Å². The minimum Gasteiger partial charge on any atom is -0.478 e. The molecule has 0 bridgehead atoms. The van der Waals surface area contributed by atoms with Crippen molar-refractivity contribution in [1.82, 2.24) is 5.32 Å². The molecule has 1 amide bonds. The number of carbonyl (C=O) groups excluding carboxylic acids is 1. The second-order valence-electron chi connectivity index (χ2n) is 4.81. The van der Waals surface area contributed by atoms with E-state index in [4.69, 9.17) is 5.11 Å². The molecule has 1 aromatic carbocycles. The number of hydrogen-bond donors (Lipinski definition) is 2. The molecule has 1 aromatic rings. The first-order valence-corrected chi connectivity index (χ1v) is 9.69.